The summed E-state index contributed by atoms with van der Waals surface area (Å²) in [6.07, 6.45) is -0.698. The molecule has 38 heavy (non-hydrogen) atoms. The second-order valence-corrected chi connectivity index (χ2v) is 10.0. The van der Waals surface area contributed by atoms with Crippen LogP contribution >= 0.6 is 11.3 Å². The van der Waals surface area contributed by atoms with Crippen LogP contribution in [0.3, 0.4) is 0 Å². The van der Waals surface area contributed by atoms with Crippen molar-refractivity contribution in [3.63, 3.8) is 0 Å². The van der Waals surface area contributed by atoms with E-state index in [2.05, 4.69) is 5.32 Å². The Morgan fingerprint density at radius 3 is 2.55 bits per heavy atom. The Morgan fingerprint density at radius 1 is 1.26 bits per heavy atom. The molecule has 0 radical (unpaired) electrons. The molecule has 3 aromatic rings. The largest absolute Gasteiger partial charge is 0.496 e. The number of hydrogen-bond donors (Lipinski definition) is 2. The normalized spacial score (nSPS) is 12.2. The predicted octanol–water partition coefficient (Wildman–Crippen LogP) is 2.78. The number of hydrogen-bond acceptors (Lipinski definition) is 8. The molecule has 1 aromatic carbocycles. The molecule has 1 amide bonds. The van der Waals surface area contributed by atoms with Crippen LogP contribution in [-0.4, -0.2) is 46.4 Å². The summed E-state index contributed by atoms with van der Waals surface area (Å²) in [5.41, 5.74) is -2.32. The number of nitrogens with one attached hydrogen (secondary N) is 1. The molecule has 2 aromatic heterocycles. The molecule has 202 valence electrons. The highest BCUT2D eigenvalue weighted by molar-refractivity contribution is 7.20. The van der Waals surface area contributed by atoms with Gasteiger partial charge in [0.1, 0.15) is 27.1 Å². The lowest BCUT2D eigenvalue weighted by Crippen LogP contribution is -2.55. The van der Waals surface area contributed by atoms with Gasteiger partial charge in [0.25, 0.3) is 5.56 Å². The number of carbonyl (C=O) groups excluding carboxylic acids is 1. The summed E-state index contributed by atoms with van der Waals surface area (Å²) < 4.78 is 13.6. The lowest BCUT2D eigenvalue weighted by molar-refractivity contribution is -0.128. The van der Waals surface area contributed by atoms with Gasteiger partial charge in [0, 0.05) is 12.1 Å². The smallest absolute Gasteiger partial charge is 0.346 e. The first-order valence-electron chi connectivity index (χ1n) is 11.9. The summed E-state index contributed by atoms with van der Waals surface area (Å²) in [5, 5.41) is 21.5. The van der Waals surface area contributed by atoms with E-state index in [0.717, 1.165) is 15.9 Å². The van der Waals surface area contributed by atoms with Crippen LogP contribution in [0.2, 0.25) is 0 Å². The molecule has 1 unspecified atom stereocenters. The molecule has 0 aliphatic carbocycles. The Hall–Kier alpha value is -3.95. The lowest BCUT2D eigenvalue weighted by atomic mass is 10.0. The van der Waals surface area contributed by atoms with Gasteiger partial charge in [0.15, 0.2) is 0 Å². The molecule has 0 aliphatic rings. The van der Waals surface area contributed by atoms with Crippen LogP contribution in [0.25, 0.3) is 10.2 Å². The van der Waals surface area contributed by atoms with Crippen LogP contribution in [0.1, 0.15) is 54.1 Å². The van der Waals surface area contributed by atoms with Gasteiger partial charge in [-0.25, -0.2) is 14.2 Å². The van der Waals surface area contributed by atoms with Gasteiger partial charge in [0.2, 0.25) is 5.91 Å². The fourth-order valence-electron chi connectivity index (χ4n) is 4.27. The summed E-state index contributed by atoms with van der Waals surface area (Å²) in [6, 6.07) is 9.05. The van der Waals surface area contributed by atoms with Gasteiger partial charge in [0.05, 0.1) is 38.1 Å². The number of aromatic carboxylic acids is 1. The van der Waals surface area contributed by atoms with Crippen molar-refractivity contribution in [1.29, 1.82) is 5.26 Å². The predicted molar refractivity (Wildman–Crippen MR) is 142 cm³/mol. The Morgan fingerprint density at radius 2 is 1.95 bits per heavy atom. The van der Waals surface area contributed by atoms with E-state index in [1.54, 1.807) is 31.2 Å². The van der Waals surface area contributed by atoms with Crippen molar-refractivity contribution < 1.29 is 24.2 Å². The maximum atomic E-state index is 14.0. The van der Waals surface area contributed by atoms with E-state index in [4.69, 9.17) is 14.7 Å². The first kappa shape index (κ1) is 28.6. The molecule has 2 N–H and O–H groups in total. The summed E-state index contributed by atoms with van der Waals surface area (Å²) >= 11 is 0.811. The number of nitrogens with zero attached hydrogens (tertiary/aromatic N) is 3. The van der Waals surface area contributed by atoms with Crippen molar-refractivity contribution in [1.82, 2.24) is 14.5 Å². The first-order chi connectivity index (χ1) is 18.0. The summed E-state index contributed by atoms with van der Waals surface area (Å²) in [4.78, 5) is 52.6. The molecule has 12 heteroatoms. The number of fused-ring (bicyclic) bond motifs is 1. The summed E-state index contributed by atoms with van der Waals surface area (Å²) in [7, 11) is 1.49. The number of rotatable bonds is 11. The number of carboxylic acid groups (broad SMARTS) is 1. The van der Waals surface area contributed by atoms with E-state index in [0.29, 0.717) is 11.3 Å². The minimum Gasteiger partial charge on any atom is -0.496 e. The van der Waals surface area contributed by atoms with E-state index in [9.17, 15) is 24.3 Å². The molecule has 0 aliphatic heterocycles. The minimum absolute atomic E-state index is 0.0418. The average Bonchev–Trinajstić information content (AvgIpc) is 3.23. The van der Waals surface area contributed by atoms with Crippen molar-refractivity contribution in [2.75, 3.05) is 20.3 Å². The minimum atomic E-state index is -1.58. The van der Waals surface area contributed by atoms with Crippen LogP contribution in [0.4, 0.5) is 0 Å². The van der Waals surface area contributed by atoms with Crippen LogP contribution in [0.15, 0.2) is 33.9 Å². The van der Waals surface area contributed by atoms with Crippen LogP contribution in [-0.2, 0) is 21.6 Å². The van der Waals surface area contributed by atoms with E-state index < -0.39 is 34.8 Å². The second-order valence-electron chi connectivity index (χ2n) is 9.00. The molecule has 1 atom stereocenters. The van der Waals surface area contributed by atoms with Crippen LogP contribution in [0.5, 0.6) is 5.75 Å². The van der Waals surface area contributed by atoms with Gasteiger partial charge in [-0.1, -0.05) is 18.2 Å². The number of aromatic nitrogens is 2. The van der Waals surface area contributed by atoms with Gasteiger partial charge in [-0.3, -0.25) is 14.2 Å². The van der Waals surface area contributed by atoms with Crippen molar-refractivity contribution in [3.8, 4) is 11.8 Å². The maximum Gasteiger partial charge on any atom is 0.346 e. The van der Waals surface area contributed by atoms with Gasteiger partial charge in [-0.15, -0.1) is 11.3 Å². The van der Waals surface area contributed by atoms with Crippen molar-refractivity contribution >= 4 is 33.4 Å². The number of carbonyl (C=O) groups is 2. The Bertz CT molecular complexity index is 1530. The number of methoxy groups -OCH3 is 1. The number of ether oxygens (including phenoxy) is 2. The number of nitriles is 1. The highest BCUT2D eigenvalue weighted by atomic mass is 32.1. The molecule has 0 spiro atoms. The van der Waals surface area contributed by atoms with Gasteiger partial charge in [-0.05, 0) is 39.3 Å². The van der Waals surface area contributed by atoms with E-state index in [1.165, 1.54) is 32.4 Å². The molecule has 3 rings (SSSR count). The molecule has 0 bridgehead atoms. The van der Waals surface area contributed by atoms with Crippen LogP contribution < -0.4 is 21.3 Å². The molecular weight excluding hydrogens is 512 g/mol. The monoisotopic (exact) mass is 542 g/mol. The summed E-state index contributed by atoms with van der Waals surface area (Å²) in [5.74, 6) is -1.28. The van der Waals surface area contributed by atoms with Gasteiger partial charge < -0.3 is 19.9 Å². The topological polar surface area (TPSA) is 153 Å². The molecule has 11 nitrogen and oxygen atoms in total. The Labute approximate surface area is 222 Å². The number of thiophene rings is 1. The number of carboxylic acids is 1. The highest BCUT2D eigenvalue weighted by Gasteiger charge is 2.36. The number of aryl methyl sites for hydroxylation is 1. The molecular formula is C26H30N4O7S. The number of para-hydroxylation sites is 1. The quantitative estimate of drug-likeness (QED) is 0.351. The van der Waals surface area contributed by atoms with E-state index in [1.807, 2.05) is 6.07 Å². The molecule has 0 fully saturated rings. The molecule has 0 saturated heterocycles. The van der Waals surface area contributed by atoms with Gasteiger partial charge >= 0.3 is 11.7 Å². The SMILES string of the molecule is CCNC(=O)C(C)(C)n1c(=O)c2c(C)c(C(=O)O)sc2n(CC(OCCC#N)c2ccccc2OC)c1=O. The lowest BCUT2D eigenvalue weighted by Gasteiger charge is -2.27. The fraction of sp³-hybridized carbons (Fsp3) is 0.423. The average molecular weight is 543 g/mol. The third kappa shape index (κ3) is 5.20. The second kappa shape index (κ2) is 11.6. The van der Waals surface area contributed by atoms with Crippen molar-refractivity contribution in [2.45, 2.75) is 52.3 Å². The van der Waals surface area contributed by atoms with Gasteiger partial charge in [-0.2, -0.15) is 5.26 Å². The van der Waals surface area contributed by atoms with Crippen molar-refractivity contribution in [2.24, 2.45) is 0 Å². The van der Waals surface area contributed by atoms with Crippen LogP contribution in [0, 0.1) is 18.3 Å². The number of benzene rings is 1. The zero-order chi connectivity index (χ0) is 28.2. The number of amides is 1. The Kier molecular flexibility index (Phi) is 8.75. The van der Waals surface area contributed by atoms with E-state index in [-0.39, 0.29) is 46.8 Å². The Balaban J connectivity index is 2.36. The highest BCUT2D eigenvalue weighted by Crippen LogP contribution is 2.32. The zero-order valence-corrected chi connectivity index (χ0v) is 22.7. The van der Waals surface area contributed by atoms with E-state index >= 15 is 0 Å². The zero-order valence-electron chi connectivity index (χ0n) is 21.9. The maximum absolute atomic E-state index is 14.0. The third-order valence-corrected chi connectivity index (χ3v) is 7.53. The third-order valence-electron chi connectivity index (χ3n) is 6.23. The van der Waals surface area contributed by atoms with Crippen molar-refractivity contribution in [3.05, 3.63) is 61.1 Å². The summed E-state index contributed by atoms with van der Waals surface area (Å²) in [6.45, 7) is 6.35. The number of likely N-dealkylation sites (N-methyl/N-ethyl adjacent to an activating group) is 1. The molecule has 2 heterocycles. The standard InChI is InChI=1S/C26H30N4O7S/c1-6-28-24(34)26(3,4)30-21(31)19-15(2)20(23(32)33)38-22(19)29(25(30)35)14-18(37-13-9-12-27)16-10-7-8-11-17(16)36-5/h7-8,10-11,18H,6,9,13-14H2,1-5H3,(H,28,34)(H,32,33). The fourth-order valence-corrected chi connectivity index (χ4v) is 5.41. The molecule has 0 saturated carbocycles. The first-order valence-corrected chi connectivity index (χ1v) is 12.7.